The maximum absolute atomic E-state index is 12.1. The van der Waals surface area contributed by atoms with Crippen LogP contribution in [0.5, 0.6) is 5.75 Å². The number of nitrogens with one attached hydrogen (secondary N) is 1. The third-order valence-electron chi connectivity index (χ3n) is 3.56. The van der Waals surface area contributed by atoms with E-state index in [1.54, 1.807) is 6.20 Å². The lowest BCUT2D eigenvalue weighted by Gasteiger charge is -2.09. The van der Waals surface area contributed by atoms with Gasteiger partial charge in [-0.05, 0) is 36.5 Å². The third kappa shape index (κ3) is 3.68. The number of para-hydroxylation sites is 1. The molecule has 0 spiro atoms. The zero-order valence-electron chi connectivity index (χ0n) is 13.4. The van der Waals surface area contributed by atoms with Crippen molar-refractivity contribution < 1.29 is 9.53 Å². The lowest BCUT2D eigenvalue weighted by Crippen LogP contribution is -2.25. The first-order valence-corrected chi connectivity index (χ1v) is 8.63. The number of aryl methyl sites for hydroxylation is 1. The van der Waals surface area contributed by atoms with Gasteiger partial charge in [-0.1, -0.05) is 29.6 Å². The van der Waals surface area contributed by atoms with Crippen molar-refractivity contribution in [3.8, 4) is 5.75 Å². The van der Waals surface area contributed by atoms with E-state index in [4.69, 9.17) is 4.74 Å². The molecule has 24 heavy (non-hydrogen) atoms. The first-order valence-electron chi connectivity index (χ1n) is 7.85. The fraction of sp³-hybridized carbons (Fsp3) is 0.294. The molecular formula is C17H18N4O2S. The van der Waals surface area contributed by atoms with Crippen LogP contribution in [0.4, 0.5) is 0 Å². The van der Waals surface area contributed by atoms with Crippen molar-refractivity contribution in [3.63, 3.8) is 0 Å². The first kappa shape index (κ1) is 16.3. The van der Waals surface area contributed by atoms with E-state index in [2.05, 4.69) is 19.9 Å². The molecule has 7 heteroatoms. The molecule has 6 nitrogen and oxygen atoms in total. The van der Waals surface area contributed by atoms with Crippen LogP contribution in [-0.2, 0) is 6.42 Å². The fourth-order valence-corrected chi connectivity index (χ4v) is 3.01. The van der Waals surface area contributed by atoms with Crippen LogP contribution in [0.25, 0.3) is 10.9 Å². The molecule has 0 radical (unpaired) electrons. The highest BCUT2D eigenvalue weighted by Crippen LogP contribution is 2.22. The average molecular weight is 342 g/mol. The fourth-order valence-electron chi connectivity index (χ4n) is 2.34. The van der Waals surface area contributed by atoms with Gasteiger partial charge in [-0.15, -0.1) is 5.10 Å². The summed E-state index contributed by atoms with van der Waals surface area (Å²) in [5, 5.41) is 7.87. The van der Waals surface area contributed by atoms with Crippen LogP contribution in [0.3, 0.4) is 0 Å². The maximum atomic E-state index is 12.1. The number of pyridine rings is 1. The number of benzene rings is 1. The van der Waals surface area contributed by atoms with Crippen molar-refractivity contribution >= 4 is 28.3 Å². The molecule has 124 valence electrons. The predicted octanol–water partition coefficient (Wildman–Crippen LogP) is 2.85. The Balaban J connectivity index is 1.48. The molecule has 1 amide bonds. The zero-order chi connectivity index (χ0) is 16.8. The van der Waals surface area contributed by atoms with Gasteiger partial charge < -0.3 is 10.1 Å². The normalized spacial score (nSPS) is 10.7. The van der Waals surface area contributed by atoms with Gasteiger partial charge in [0.25, 0.3) is 5.91 Å². The molecule has 0 aliphatic heterocycles. The number of carbonyl (C=O) groups is 1. The van der Waals surface area contributed by atoms with E-state index in [9.17, 15) is 4.79 Å². The van der Waals surface area contributed by atoms with Crippen LogP contribution in [0.15, 0.2) is 36.5 Å². The molecule has 3 aromatic rings. The van der Waals surface area contributed by atoms with Gasteiger partial charge in [-0.2, -0.15) is 0 Å². The van der Waals surface area contributed by atoms with E-state index in [0.29, 0.717) is 30.9 Å². The van der Waals surface area contributed by atoms with E-state index in [1.807, 2.05) is 37.3 Å². The molecule has 0 atom stereocenters. The molecule has 1 aromatic carbocycles. The van der Waals surface area contributed by atoms with Gasteiger partial charge in [-0.25, -0.2) is 0 Å². The van der Waals surface area contributed by atoms with Crippen LogP contribution in [-0.4, -0.2) is 33.6 Å². The van der Waals surface area contributed by atoms with Gasteiger partial charge in [0.15, 0.2) is 0 Å². The van der Waals surface area contributed by atoms with E-state index in [-0.39, 0.29) is 5.91 Å². The number of nitrogens with zero attached hydrogens (tertiary/aromatic N) is 3. The van der Waals surface area contributed by atoms with E-state index in [0.717, 1.165) is 33.9 Å². The Labute approximate surface area is 144 Å². The highest BCUT2D eigenvalue weighted by molar-refractivity contribution is 7.08. The van der Waals surface area contributed by atoms with Crippen molar-refractivity contribution in [2.75, 3.05) is 13.2 Å². The highest BCUT2D eigenvalue weighted by atomic mass is 32.1. The Kier molecular flexibility index (Phi) is 5.32. The number of amides is 1. The molecule has 2 heterocycles. The lowest BCUT2D eigenvalue weighted by molar-refractivity contribution is 0.0954. The van der Waals surface area contributed by atoms with Crippen LogP contribution in [0.2, 0.25) is 0 Å². The minimum atomic E-state index is -0.117. The number of carbonyl (C=O) groups excluding carboxylic acids is 1. The zero-order valence-corrected chi connectivity index (χ0v) is 14.2. The summed E-state index contributed by atoms with van der Waals surface area (Å²) >= 11 is 1.13. The minimum absolute atomic E-state index is 0.117. The quantitative estimate of drug-likeness (QED) is 0.668. The van der Waals surface area contributed by atoms with Gasteiger partial charge in [0, 0.05) is 18.1 Å². The van der Waals surface area contributed by atoms with Gasteiger partial charge in [-0.3, -0.25) is 9.78 Å². The number of aromatic nitrogens is 3. The summed E-state index contributed by atoms with van der Waals surface area (Å²) in [5.74, 6) is 0.646. The second kappa shape index (κ2) is 7.83. The summed E-state index contributed by atoms with van der Waals surface area (Å²) in [4.78, 5) is 17.0. The van der Waals surface area contributed by atoms with Gasteiger partial charge in [0.2, 0.25) is 0 Å². The van der Waals surface area contributed by atoms with Crippen LogP contribution in [0, 0.1) is 0 Å². The van der Waals surface area contributed by atoms with E-state index < -0.39 is 0 Å². The summed E-state index contributed by atoms with van der Waals surface area (Å²) in [6, 6.07) is 9.77. The third-order valence-corrected chi connectivity index (χ3v) is 4.32. The standard InChI is InChI=1S/C17H18N4O2S/c1-2-13-16(24-21-20-13)17(22)19-10-5-11-23-14-8-3-6-12-7-4-9-18-15(12)14/h3-4,6-9H,2,5,10-11H2,1H3,(H,19,22). The topological polar surface area (TPSA) is 77.0 Å². The molecule has 2 aromatic heterocycles. The van der Waals surface area contributed by atoms with Gasteiger partial charge in [0.1, 0.15) is 16.1 Å². The predicted molar refractivity (Wildman–Crippen MR) is 93.5 cm³/mol. The summed E-state index contributed by atoms with van der Waals surface area (Å²) < 4.78 is 9.63. The summed E-state index contributed by atoms with van der Waals surface area (Å²) in [6.45, 7) is 3.01. The first-order chi connectivity index (χ1) is 11.8. The van der Waals surface area contributed by atoms with Crippen molar-refractivity contribution in [2.24, 2.45) is 0 Å². The molecule has 0 aliphatic rings. The van der Waals surface area contributed by atoms with Crippen molar-refractivity contribution in [1.82, 2.24) is 19.9 Å². The largest absolute Gasteiger partial charge is 0.491 e. The molecule has 3 rings (SSSR count). The molecule has 0 saturated heterocycles. The van der Waals surface area contributed by atoms with Gasteiger partial charge in [0.05, 0.1) is 12.3 Å². The maximum Gasteiger partial charge on any atom is 0.264 e. The van der Waals surface area contributed by atoms with Crippen molar-refractivity contribution in [1.29, 1.82) is 0 Å². The molecule has 1 N–H and O–H groups in total. The Morgan fingerprint density at radius 2 is 2.17 bits per heavy atom. The monoisotopic (exact) mass is 342 g/mol. The molecular weight excluding hydrogens is 324 g/mol. The minimum Gasteiger partial charge on any atom is -0.491 e. The Morgan fingerprint density at radius 3 is 3.04 bits per heavy atom. The van der Waals surface area contributed by atoms with E-state index >= 15 is 0 Å². The highest BCUT2D eigenvalue weighted by Gasteiger charge is 2.14. The lowest BCUT2D eigenvalue weighted by atomic mass is 10.2. The summed E-state index contributed by atoms with van der Waals surface area (Å²) in [6.07, 6.45) is 3.17. The van der Waals surface area contributed by atoms with Crippen LogP contribution in [0.1, 0.15) is 28.7 Å². The molecule has 0 aliphatic carbocycles. The number of hydrogen-bond acceptors (Lipinski definition) is 6. The summed E-state index contributed by atoms with van der Waals surface area (Å²) in [5.41, 5.74) is 1.60. The van der Waals surface area contributed by atoms with Crippen molar-refractivity contribution in [2.45, 2.75) is 19.8 Å². The number of hydrogen-bond donors (Lipinski definition) is 1. The smallest absolute Gasteiger partial charge is 0.264 e. The van der Waals surface area contributed by atoms with Crippen LogP contribution < -0.4 is 10.1 Å². The molecule has 0 bridgehead atoms. The Bertz CT molecular complexity index is 829. The SMILES string of the molecule is CCc1nnsc1C(=O)NCCCOc1cccc2cccnc12. The Hall–Kier alpha value is -2.54. The molecule has 0 unspecified atom stereocenters. The van der Waals surface area contributed by atoms with E-state index in [1.165, 1.54) is 0 Å². The second-order valence-corrected chi connectivity index (χ2v) is 5.95. The second-order valence-electron chi connectivity index (χ2n) is 5.19. The van der Waals surface area contributed by atoms with Gasteiger partial charge >= 0.3 is 0 Å². The van der Waals surface area contributed by atoms with Crippen LogP contribution >= 0.6 is 11.5 Å². The molecule has 0 fully saturated rings. The number of ether oxygens (including phenoxy) is 1. The number of fused-ring (bicyclic) bond motifs is 1. The summed E-state index contributed by atoms with van der Waals surface area (Å²) in [7, 11) is 0. The number of rotatable bonds is 7. The molecule has 0 saturated carbocycles. The van der Waals surface area contributed by atoms with Crippen molar-refractivity contribution in [3.05, 3.63) is 47.1 Å². The average Bonchev–Trinajstić information content (AvgIpc) is 3.10. The Morgan fingerprint density at radius 1 is 1.29 bits per heavy atom.